The Morgan fingerprint density at radius 3 is 1.26 bits per heavy atom. The Hall–Kier alpha value is -6.88. The molecule has 0 aliphatic heterocycles. The molecular formula is C54H40GeN2. The standard InChI is InChI=1S/C54H40GeN2/c1-6-18-41(19-7-1)42-30-34-48(35-31-42)56(50-38-39-54-52(40-50)51-28-16-17-29-53(51)57(54)47-26-14-5-15-27-47)49-36-32-46(33-37-49)55(43-20-8-2-9-21-43,44-22-10-3-11-23-44)45-24-12-4-13-25-45/h1-40H. The molecule has 270 valence electrons. The van der Waals surface area contributed by atoms with E-state index in [2.05, 4.69) is 252 Å². The van der Waals surface area contributed by atoms with Crippen LogP contribution in [-0.2, 0) is 0 Å². The number of para-hydroxylation sites is 2. The monoisotopic (exact) mass is 790 g/mol. The van der Waals surface area contributed by atoms with Crippen molar-refractivity contribution in [2.24, 2.45) is 0 Å². The van der Waals surface area contributed by atoms with E-state index in [9.17, 15) is 0 Å². The Kier molecular flexibility index (Phi) is 9.10. The molecule has 57 heavy (non-hydrogen) atoms. The predicted octanol–water partition coefficient (Wildman–Crippen LogP) is 11.3. The van der Waals surface area contributed by atoms with Crippen LogP contribution in [0.3, 0.4) is 0 Å². The first-order valence-corrected chi connectivity index (χ1v) is 23.8. The summed E-state index contributed by atoms with van der Waals surface area (Å²) < 4.78 is 8.01. The summed E-state index contributed by atoms with van der Waals surface area (Å²) >= 11 is -3.43. The minimum atomic E-state index is -3.43. The molecule has 0 fully saturated rings. The van der Waals surface area contributed by atoms with Gasteiger partial charge in [0, 0.05) is 0 Å². The number of aromatic nitrogens is 1. The van der Waals surface area contributed by atoms with Gasteiger partial charge in [0.2, 0.25) is 0 Å². The zero-order chi connectivity index (χ0) is 38.0. The third-order valence-corrected chi connectivity index (χ3v) is 21.4. The number of fused-ring (bicyclic) bond motifs is 3. The van der Waals surface area contributed by atoms with Crippen molar-refractivity contribution in [3.63, 3.8) is 0 Å². The number of anilines is 3. The maximum absolute atomic E-state index is 3.43. The Balaban J connectivity index is 1.17. The molecule has 0 saturated heterocycles. The van der Waals surface area contributed by atoms with E-state index < -0.39 is 13.3 Å². The molecule has 0 spiro atoms. The van der Waals surface area contributed by atoms with Gasteiger partial charge in [-0.3, -0.25) is 0 Å². The molecule has 10 aromatic rings. The van der Waals surface area contributed by atoms with E-state index in [1.807, 2.05) is 0 Å². The van der Waals surface area contributed by atoms with E-state index in [-0.39, 0.29) is 0 Å². The fraction of sp³-hybridized carbons (Fsp3) is 0. The van der Waals surface area contributed by atoms with Crippen molar-refractivity contribution in [3.05, 3.63) is 243 Å². The fourth-order valence-electron chi connectivity index (χ4n) is 8.76. The summed E-state index contributed by atoms with van der Waals surface area (Å²) in [4.78, 5) is 2.41. The SMILES string of the molecule is c1ccc(-c2ccc(N(c3cc[c]([Ge]([c]4ccccc4)([c]4ccccc4)[c]4ccccc4)cc3)c3ccc4c(c3)c3ccccc3n4-c3ccccc3)cc2)cc1. The Labute approximate surface area is 336 Å². The fourth-order valence-corrected chi connectivity index (χ4v) is 18.7. The van der Waals surface area contributed by atoms with Crippen molar-refractivity contribution in [2.75, 3.05) is 4.90 Å². The molecule has 0 saturated carbocycles. The zero-order valence-electron chi connectivity index (χ0n) is 31.5. The first kappa shape index (κ1) is 34.6. The summed E-state index contributed by atoms with van der Waals surface area (Å²) in [6.07, 6.45) is 0. The first-order chi connectivity index (χ1) is 28.3. The molecule has 1 heterocycles. The number of rotatable bonds is 9. The third kappa shape index (κ3) is 6.16. The molecule has 0 radical (unpaired) electrons. The van der Waals surface area contributed by atoms with Crippen LogP contribution >= 0.6 is 0 Å². The van der Waals surface area contributed by atoms with Gasteiger partial charge >= 0.3 is 314 Å². The molecular weight excluding hydrogens is 749 g/mol. The Morgan fingerprint density at radius 2 is 0.702 bits per heavy atom. The van der Waals surface area contributed by atoms with Gasteiger partial charge in [0.15, 0.2) is 0 Å². The second kappa shape index (κ2) is 15.0. The first-order valence-electron chi connectivity index (χ1n) is 19.6. The van der Waals surface area contributed by atoms with Gasteiger partial charge in [-0.1, -0.05) is 24.3 Å². The van der Waals surface area contributed by atoms with Crippen molar-refractivity contribution in [1.29, 1.82) is 0 Å². The van der Waals surface area contributed by atoms with Crippen LogP contribution < -0.4 is 22.5 Å². The summed E-state index contributed by atoms with van der Waals surface area (Å²) in [6, 6.07) is 89.1. The van der Waals surface area contributed by atoms with Gasteiger partial charge in [-0.2, -0.15) is 0 Å². The molecule has 0 amide bonds. The number of hydrogen-bond donors (Lipinski definition) is 0. The molecule has 9 aromatic carbocycles. The van der Waals surface area contributed by atoms with E-state index in [0.717, 1.165) is 22.7 Å². The van der Waals surface area contributed by atoms with Crippen LogP contribution in [0.5, 0.6) is 0 Å². The predicted molar refractivity (Wildman–Crippen MR) is 245 cm³/mol. The second-order valence-corrected chi connectivity index (χ2v) is 22.5. The molecule has 10 rings (SSSR count). The van der Waals surface area contributed by atoms with Gasteiger partial charge < -0.3 is 0 Å². The number of hydrogen-bond acceptors (Lipinski definition) is 1. The van der Waals surface area contributed by atoms with Gasteiger partial charge in [0.1, 0.15) is 0 Å². The topological polar surface area (TPSA) is 8.17 Å². The van der Waals surface area contributed by atoms with E-state index in [4.69, 9.17) is 0 Å². The van der Waals surface area contributed by atoms with Gasteiger partial charge in [-0.05, 0) is 0 Å². The molecule has 0 aliphatic carbocycles. The number of benzene rings is 9. The van der Waals surface area contributed by atoms with Crippen LogP contribution in [0.1, 0.15) is 0 Å². The molecule has 0 N–H and O–H groups in total. The van der Waals surface area contributed by atoms with Crippen LogP contribution in [0.15, 0.2) is 243 Å². The van der Waals surface area contributed by atoms with Crippen molar-refractivity contribution in [3.8, 4) is 16.8 Å². The Morgan fingerprint density at radius 1 is 0.298 bits per heavy atom. The summed E-state index contributed by atoms with van der Waals surface area (Å²) in [7, 11) is 0. The molecule has 0 atom stereocenters. The maximum atomic E-state index is 2.41. The van der Waals surface area contributed by atoms with Crippen LogP contribution in [0.25, 0.3) is 38.6 Å². The summed E-state index contributed by atoms with van der Waals surface area (Å²) in [5.74, 6) is 0. The van der Waals surface area contributed by atoms with E-state index >= 15 is 0 Å². The molecule has 0 unspecified atom stereocenters. The van der Waals surface area contributed by atoms with Crippen molar-refractivity contribution in [2.45, 2.75) is 0 Å². The van der Waals surface area contributed by atoms with Crippen molar-refractivity contribution >= 4 is 69.7 Å². The summed E-state index contributed by atoms with van der Waals surface area (Å²) in [5, 5.41) is 2.46. The van der Waals surface area contributed by atoms with Crippen molar-refractivity contribution in [1.82, 2.24) is 4.57 Å². The van der Waals surface area contributed by atoms with Crippen LogP contribution in [0, 0.1) is 0 Å². The van der Waals surface area contributed by atoms with E-state index in [1.54, 1.807) is 0 Å². The van der Waals surface area contributed by atoms with Gasteiger partial charge in [0.25, 0.3) is 0 Å². The van der Waals surface area contributed by atoms with E-state index in [0.29, 0.717) is 0 Å². The second-order valence-electron chi connectivity index (χ2n) is 14.5. The molecule has 0 bridgehead atoms. The number of nitrogens with zero attached hydrogens (tertiary/aromatic N) is 2. The summed E-state index contributed by atoms with van der Waals surface area (Å²) in [5.41, 5.74) is 9.28. The van der Waals surface area contributed by atoms with Crippen LogP contribution in [0.4, 0.5) is 17.1 Å². The zero-order valence-corrected chi connectivity index (χ0v) is 33.6. The average Bonchev–Trinajstić information content (AvgIpc) is 3.63. The van der Waals surface area contributed by atoms with Crippen LogP contribution in [-0.4, -0.2) is 17.8 Å². The molecule has 2 nitrogen and oxygen atoms in total. The summed E-state index contributed by atoms with van der Waals surface area (Å²) in [6.45, 7) is 0. The van der Waals surface area contributed by atoms with Gasteiger partial charge in [0.05, 0.1) is 0 Å². The quantitative estimate of drug-likeness (QED) is 0.132. The Bertz CT molecular complexity index is 2810. The van der Waals surface area contributed by atoms with Gasteiger partial charge in [-0.25, -0.2) is 0 Å². The molecule has 1 aromatic heterocycles. The van der Waals surface area contributed by atoms with Crippen LogP contribution in [0.2, 0.25) is 0 Å². The minimum absolute atomic E-state index is 1.11. The molecule has 0 aliphatic rings. The third-order valence-electron chi connectivity index (χ3n) is 11.3. The molecule has 3 heteroatoms. The van der Waals surface area contributed by atoms with Gasteiger partial charge in [-0.15, -0.1) is 0 Å². The normalized spacial score (nSPS) is 11.5. The van der Waals surface area contributed by atoms with Crippen molar-refractivity contribution < 1.29 is 0 Å². The van der Waals surface area contributed by atoms with E-state index in [1.165, 1.54) is 50.5 Å². The average molecular weight is 790 g/mol.